The van der Waals surface area contributed by atoms with Gasteiger partial charge in [-0.3, -0.25) is 14.9 Å². The molecule has 0 radical (unpaired) electrons. The van der Waals surface area contributed by atoms with Crippen molar-refractivity contribution in [2.75, 3.05) is 4.90 Å². The summed E-state index contributed by atoms with van der Waals surface area (Å²) in [6.45, 7) is 3.94. The highest BCUT2D eigenvalue weighted by Gasteiger charge is 2.36. The molecule has 3 rings (SSSR count). The van der Waals surface area contributed by atoms with Crippen LogP contribution in [-0.4, -0.2) is 23.9 Å². The van der Waals surface area contributed by atoms with Gasteiger partial charge in [0.2, 0.25) is 0 Å². The molecule has 1 atom stereocenters. The van der Waals surface area contributed by atoms with E-state index in [1.54, 1.807) is 42.5 Å². The van der Waals surface area contributed by atoms with E-state index in [9.17, 15) is 14.4 Å². The number of anilines is 1. The fourth-order valence-corrected chi connectivity index (χ4v) is 3.15. The van der Waals surface area contributed by atoms with Gasteiger partial charge in [-0.15, -0.1) is 0 Å². The molecular weight excluding hydrogens is 460 g/mol. The summed E-state index contributed by atoms with van der Waals surface area (Å²) in [4.78, 5) is 38.3. The van der Waals surface area contributed by atoms with Gasteiger partial charge in [0.15, 0.2) is 0 Å². The number of nitrogens with zero attached hydrogens (tertiary/aromatic N) is 1. The molecule has 0 bridgehead atoms. The lowest BCUT2D eigenvalue weighted by molar-refractivity contribution is -0.122. The van der Waals surface area contributed by atoms with E-state index in [0.717, 1.165) is 15.8 Å². The zero-order chi connectivity index (χ0) is 21.1. The van der Waals surface area contributed by atoms with Crippen LogP contribution in [0.5, 0.6) is 5.75 Å². The normalized spacial score (nSPS) is 16.8. The van der Waals surface area contributed by atoms with Crippen LogP contribution in [0, 0.1) is 0 Å². The van der Waals surface area contributed by atoms with Crippen LogP contribution in [0.15, 0.2) is 52.5 Å². The van der Waals surface area contributed by atoms with Crippen LogP contribution in [0.25, 0.3) is 6.08 Å². The Morgan fingerprint density at radius 1 is 1.17 bits per heavy atom. The molecule has 1 aliphatic heterocycles. The molecule has 0 spiro atoms. The Morgan fingerprint density at radius 2 is 1.86 bits per heavy atom. The van der Waals surface area contributed by atoms with Crippen LogP contribution >= 0.6 is 27.5 Å². The number of barbiturate groups is 1. The Labute approximate surface area is 181 Å². The molecular formula is C21H18BrClN2O4. The third kappa shape index (κ3) is 4.68. The number of carbonyl (C=O) groups is 3. The molecule has 2 aromatic carbocycles. The second-order valence-electron chi connectivity index (χ2n) is 6.46. The van der Waals surface area contributed by atoms with Gasteiger partial charge in [0.1, 0.15) is 11.3 Å². The Hall–Kier alpha value is -2.64. The topological polar surface area (TPSA) is 75.7 Å². The largest absolute Gasteiger partial charge is 0.489 e. The number of imide groups is 2. The highest BCUT2D eigenvalue weighted by molar-refractivity contribution is 9.10. The summed E-state index contributed by atoms with van der Waals surface area (Å²) in [6, 6.07) is 10.8. The first kappa shape index (κ1) is 21.1. The molecule has 0 saturated carbocycles. The van der Waals surface area contributed by atoms with Crippen LogP contribution < -0.4 is 15.0 Å². The van der Waals surface area contributed by atoms with E-state index < -0.39 is 17.8 Å². The molecule has 1 N–H and O–H groups in total. The van der Waals surface area contributed by atoms with E-state index in [1.807, 2.05) is 13.8 Å². The van der Waals surface area contributed by atoms with E-state index in [2.05, 4.69) is 21.2 Å². The predicted molar refractivity (Wildman–Crippen MR) is 115 cm³/mol. The number of hydrogen-bond acceptors (Lipinski definition) is 4. The minimum Gasteiger partial charge on any atom is -0.489 e. The van der Waals surface area contributed by atoms with Gasteiger partial charge in [0.25, 0.3) is 11.8 Å². The predicted octanol–water partition coefficient (Wildman–Crippen LogP) is 4.95. The second kappa shape index (κ2) is 8.80. The fourth-order valence-electron chi connectivity index (χ4n) is 2.65. The number of hydrogen-bond donors (Lipinski definition) is 1. The first-order valence-corrected chi connectivity index (χ1v) is 10.1. The Morgan fingerprint density at radius 3 is 2.48 bits per heavy atom. The van der Waals surface area contributed by atoms with Gasteiger partial charge < -0.3 is 4.74 Å². The Kier molecular flexibility index (Phi) is 6.39. The van der Waals surface area contributed by atoms with Crippen LogP contribution in [0.2, 0.25) is 5.02 Å². The summed E-state index contributed by atoms with van der Waals surface area (Å²) < 4.78 is 6.52. The van der Waals surface area contributed by atoms with Crippen molar-refractivity contribution in [2.24, 2.45) is 0 Å². The van der Waals surface area contributed by atoms with Crippen molar-refractivity contribution < 1.29 is 19.1 Å². The molecule has 1 aliphatic rings. The molecule has 8 heteroatoms. The third-order valence-corrected chi connectivity index (χ3v) is 5.18. The Bertz CT molecular complexity index is 1000. The minimum absolute atomic E-state index is 0.00730. The number of carbonyl (C=O) groups excluding carboxylic acids is 3. The number of benzene rings is 2. The molecule has 1 fully saturated rings. The first-order valence-electron chi connectivity index (χ1n) is 8.93. The van der Waals surface area contributed by atoms with E-state index in [1.165, 1.54) is 6.08 Å². The summed E-state index contributed by atoms with van der Waals surface area (Å²) in [5.41, 5.74) is 0.721. The van der Waals surface area contributed by atoms with Gasteiger partial charge >= 0.3 is 6.03 Å². The molecule has 1 unspecified atom stereocenters. The summed E-state index contributed by atoms with van der Waals surface area (Å²) >= 11 is 9.58. The number of urea groups is 1. The maximum Gasteiger partial charge on any atom is 0.335 e. The van der Waals surface area contributed by atoms with Crippen molar-refractivity contribution in [2.45, 2.75) is 26.4 Å². The van der Waals surface area contributed by atoms with Crippen LogP contribution in [0.3, 0.4) is 0 Å². The van der Waals surface area contributed by atoms with Crippen molar-refractivity contribution in [3.05, 3.63) is 63.1 Å². The average Bonchev–Trinajstić information content (AvgIpc) is 2.68. The van der Waals surface area contributed by atoms with Gasteiger partial charge in [-0.25, -0.2) is 9.69 Å². The lowest BCUT2D eigenvalue weighted by Crippen LogP contribution is -2.54. The summed E-state index contributed by atoms with van der Waals surface area (Å²) in [5.74, 6) is -0.948. The smallest absolute Gasteiger partial charge is 0.335 e. The number of rotatable bonds is 5. The molecule has 1 saturated heterocycles. The van der Waals surface area contributed by atoms with Crippen molar-refractivity contribution in [3.63, 3.8) is 0 Å². The highest BCUT2D eigenvalue weighted by Crippen LogP contribution is 2.29. The minimum atomic E-state index is -0.796. The quantitative estimate of drug-likeness (QED) is 0.488. The maximum absolute atomic E-state index is 12.9. The van der Waals surface area contributed by atoms with Crippen LogP contribution in [0.4, 0.5) is 10.5 Å². The summed E-state index contributed by atoms with van der Waals surface area (Å²) in [6.07, 6.45) is 2.24. The number of amides is 4. The Balaban J connectivity index is 1.92. The SMILES string of the molecule is CCC(C)Oc1ccc(/C=C2/C(=O)NC(=O)N(c3ccc(Br)cc3)C2=O)cc1Cl. The van der Waals surface area contributed by atoms with Gasteiger partial charge in [0, 0.05) is 4.47 Å². The lowest BCUT2D eigenvalue weighted by Gasteiger charge is -2.26. The molecule has 0 aromatic heterocycles. The molecule has 0 aliphatic carbocycles. The molecule has 29 heavy (non-hydrogen) atoms. The molecule has 2 aromatic rings. The molecule has 4 amide bonds. The summed E-state index contributed by atoms with van der Waals surface area (Å²) in [7, 11) is 0. The van der Waals surface area contributed by atoms with Gasteiger partial charge in [-0.2, -0.15) is 0 Å². The monoisotopic (exact) mass is 476 g/mol. The lowest BCUT2D eigenvalue weighted by atomic mass is 10.1. The van der Waals surface area contributed by atoms with Crippen molar-refractivity contribution in [1.29, 1.82) is 0 Å². The zero-order valence-electron chi connectivity index (χ0n) is 15.7. The maximum atomic E-state index is 12.9. The van der Waals surface area contributed by atoms with Gasteiger partial charge in [0.05, 0.1) is 16.8 Å². The van der Waals surface area contributed by atoms with Crippen LogP contribution in [-0.2, 0) is 9.59 Å². The van der Waals surface area contributed by atoms with Gasteiger partial charge in [-0.05, 0) is 61.4 Å². The molecule has 6 nitrogen and oxygen atoms in total. The second-order valence-corrected chi connectivity index (χ2v) is 7.78. The third-order valence-electron chi connectivity index (χ3n) is 4.36. The molecule has 150 valence electrons. The first-order chi connectivity index (χ1) is 13.8. The molecule has 1 heterocycles. The van der Waals surface area contributed by atoms with Crippen molar-refractivity contribution >= 4 is 57.1 Å². The number of nitrogens with one attached hydrogen (secondary N) is 1. The van der Waals surface area contributed by atoms with Crippen LogP contribution in [0.1, 0.15) is 25.8 Å². The van der Waals surface area contributed by atoms with E-state index in [-0.39, 0.29) is 11.7 Å². The van der Waals surface area contributed by atoms with E-state index >= 15 is 0 Å². The number of halogens is 2. The van der Waals surface area contributed by atoms with Crippen molar-refractivity contribution in [3.8, 4) is 5.75 Å². The fraction of sp³-hybridized carbons (Fsp3) is 0.190. The standard InChI is InChI=1S/C21H18BrClN2O4/c1-3-12(2)29-18-9-4-13(11-17(18)23)10-16-19(26)24-21(28)25(20(16)27)15-7-5-14(22)6-8-15/h4-12H,3H2,1-2H3,(H,24,26,28)/b16-10-. The number of ether oxygens (including phenoxy) is 1. The average molecular weight is 478 g/mol. The highest BCUT2D eigenvalue weighted by atomic mass is 79.9. The van der Waals surface area contributed by atoms with E-state index in [4.69, 9.17) is 16.3 Å². The van der Waals surface area contributed by atoms with E-state index in [0.29, 0.717) is 22.0 Å². The van der Waals surface area contributed by atoms with Crippen molar-refractivity contribution in [1.82, 2.24) is 5.32 Å². The summed E-state index contributed by atoms with van der Waals surface area (Å²) in [5, 5.41) is 2.56. The zero-order valence-corrected chi connectivity index (χ0v) is 18.1. The van der Waals surface area contributed by atoms with Gasteiger partial charge in [-0.1, -0.05) is 40.5 Å².